The fourth-order valence-electron chi connectivity index (χ4n) is 1.96. The van der Waals surface area contributed by atoms with Crippen molar-refractivity contribution >= 4 is 0 Å². The van der Waals surface area contributed by atoms with E-state index in [4.69, 9.17) is 15.9 Å². The lowest BCUT2D eigenvalue weighted by Gasteiger charge is -2.18. The summed E-state index contributed by atoms with van der Waals surface area (Å²) >= 11 is 0. The molecule has 0 spiro atoms. The Labute approximate surface area is 116 Å². The SMILES string of the molecule is C#CCCCCNC(C)c1cc(OC)ccc1OC. The lowest BCUT2D eigenvalue weighted by Crippen LogP contribution is -2.20. The summed E-state index contributed by atoms with van der Waals surface area (Å²) in [4.78, 5) is 0. The maximum Gasteiger partial charge on any atom is 0.123 e. The van der Waals surface area contributed by atoms with Crippen molar-refractivity contribution in [1.29, 1.82) is 0 Å². The Morgan fingerprint density at radius 2 is 2.05 bits per heavy atom. The molecule has 0 saturated carbocycles. The van der Waals surface area contributed by atoms with E-state index in [-0.39, 0.29) is 6.04 Å². The molecule has 3 nitrogen and oxygen atoms in total. The van der Waals surface area contributed by atoms with Crippen LogP contribution in [0, 0.1) is 12.3 Å². The number of hydrogen-bond donors (Lipinski definition) is 1. The number of benzene rings is 1. The van der Waals surface area contributed by atoms with Crippen molar-refractivity contribution in [3.8, 4) is 23.8 Å². The van der Waals surface area contributed by atoms with Crippen LogP contribution < -0.4 is 14.8 Å². The molecule has 0 aromatic heterocycles. The summed E-state index contributed by atoms with van der Waals surface area (Å²) in [5, 5.41) is 3.48. The molecular formula is C16H23NO2. The Bertz CT molecular complexity index is 423. The summed E-state index contributed by atoms with van der Waals surface area (Å²) in [6.07, 6.45) is 8.22. The molecule has 0 fully saturated rings. The van der Waals surface area contributed by atoms with Gasteiger partial charge in [0, 0.05) is 18.0 Å². The van der Waals surface area contributed by atoms with Crippen LogP contribution in [0.1, 0.15) is 37.8 Å². The minimum absolute atomic E-state index is 0.218. The zero-order valence-electron chi connectivity index (χ0n) is 12.0. The van der Waals surface area contributed by atoms with Gasteiger partial charge < -0.3 is 14.8 Å². The number of nitrogens with one attached hydrogen (secondary N) is 1. The number of hydrogen-bond acceptors (Lipinski definition) is 3. The minimum Gasteiger partial charge on any atom is -0.497 e. The molecule has 0 aliphatic rings. The molecule has 3 heteroatoms. The predicted molar refractivity (Wildman–Crippen MR) is 78.6 cm³/mol. The first-order valence-electron chi connectivity index (χ1n) is 6.61. The number of ether oxygens (including phenoxy) is 2. The van der Waals surface area contributed by atoms with Crippen LogP contribution in [0.3, 0.4) is 0 Å². The van der Waals surface area contributed by atoms with E-state index in [9.17, 15) is 0 Å². The molecule has 1 N–H and O–H groups in total. The first-order valence-corrected chi connectivity index (χ1v) is 6.61. The van der Waals surface area contributed by atoms with Crippen molar-refractivity contribution in [1.82, 2.24) is 5.32 Å². The molecular weight excluding hydrogens is 238 g/mol. The molecule has 0 bridgehead atoms. The lowest BCUT2D eigenvalue weighted by atomic mass is 10.1. The standard InChI is InChI=1S/C16H23NO2/c1-5-6-7-8-11-17-13(2)15-12-14(18-3)9-10-16(15)19-4/h1,9-10,12-13,17H,6-8,11H2,2-4H3. The van der Waals surface area contributed by atoms with Gasteiger partial charge in [-0.1, -0.05) is 0 Å². The van der Waals surface area contributed by atoms with Gasteiger partial charge in [-0.2, -0.15) is 0 Å². The van der Waals surface area contributed by atoms with Crippen LogP contribution in [0.4, 0.5) is 0 Å². The second kappa shape index (κ2) is 8.44. The van der Waals surface area contributed by atoms with Gasteiger partial charge in [-0.3, -0.25) is 0 Å². The summed E-state index contributed by atoms with van der Waals surface area (Å²) < 4.78 is 10.6. The third-order valence-electron chi connectivity index (χ3n) is 3.10. The number of terminal acetylenes is 1. The van der Waals surface area contributed by atoms with E-state index in [2.05, 4.69) is 18.2 Å². The molecule has 1 atom stereocenters. The van der Waals surface area contributed by atoms with Crippen LogP contribution in [-0.4, -0.2) is 20.8 Å². The van der Waals surface area contributed by atoms with E-state index in [1.807, 2.05) is 18.2 Å². The third kappa shape index (κ3) is 4.84. The quantitative estimate of drug-likeness (QED) is 0.576. The Morgan fingerprint density at radius 1 is 1.26 bits per heavy atom. The van der Waals surface area contributed by atoms with Crippen molar-refractivity contribution in [3.05, 3.63) is 23.8 Å². The van der Waals surface area contributed by atoms with Crippen molar-refractivity contribution in [2.24, 2.45) is 0 Å². The van der Waals surface area contributed by atoms with Crippen molar-refractivity contribution < 1.29 is 9.47 Å². The summed E-state index contributed by atoms with van der Waals surface area (Å²) in [7, 11) is 3.36. The molecule has 0 aliphatic carbocycles. The molecule has 0 saturated heterocycles. The van der Waals surface area contributed by atoms with Gasteiger partial charge in [0.25, 0.3) is 0 Å². The van der Waals surface area contributed by atoms with E-state index in [1.165, 1.54) is 0 Å². The first kappa shape index (κ1) is 15.4. The van der Waals surface area contributed by atoms with Gasteiger partial charge >= 0.3 is 0 Å². The van der Waals surface area contributed by atoms with E-state index in [0.29, 0.717) is 0 Å². The summed E-state index contributed by atoms with van der Waals surface area (Å²) in [5.41, 5.74) is 1.11. The van der Waals surface area contributed by atoms with Gasteiger partial charge in [0.15, 0.2) is 0 Å². The van der Waals surface area contributed by atoms with Gasteiger partial charge in [0.2, 0.25) is 0 Å². The van der Waals surface area contributed by atoms with Gasteiger partial charge in [-0.15, -0.1) is 12.3 Å². The van der Waals surface area contributed by atoms with E-state index in [1.54, 1.807) is 14.2 Å². The normalized spacial score (nSPS) is 11.7. The first-order chi connectivity index (χ1) is 9.22. The Balaban J connectivity index is 2.59. The topological polar surface area (TPSA) is 30.5 Å². The maximum atomic E-state index is 5.39. The van der Waals surface area contributed by atoms with E-state index < -0.39 is 0 Å². The summed E-state index contributed by atoms with van der Waals surface area (Å²) in [5.74, 6) is 4.38. The molecule has 1 aromatic rings. The fraction of sp³-hybridized carbons (Fsp3) is 0.500. The maximum absolute atomic E-state index is 5.39. The van der Waals surface area contributed by atoms with Crippen LogP contribution in [0.2, 0.25) is 0 Å². The van der Waals surface area contributed by atoms with Crippen LogP contribution in [-0.2, 0) is 0 Å². The lowest BCUT2D eigenvalue weighted by molar-refractivity contribution is 0.391. The number of rotatable bonds is 8. The third-order valence-corrected chi connectivity index (χ3v) is 3.10. The molecule has 0 radical (unpaired) electrons. The van der Waals surface area contributed by atoms with Crippen LogP contribution in [0.5, 0.6) is 11.5 Å². The molecule has 0 aliphatic heterocycles. The average molecular weight is 261 g/mol. The van der Waals surface area contributed by atoms with Crippen LogP contribution >= 0.6 is 0 Å². The molecule has 1 aromatic carbocycles. The molecule has 0 heterocycles. The second-order valence-electron chi connectivity index (χ2n) is 4.44. The molecule has 1 rings (SSSR count). The summed E-state index contributed by atoms with van der Waals surface area (Å²) in [6, 6.07) is 6.07. The van der Waals surface area contributed by atoms with Gasteiger partial charge in [-0.25, -0.2) is 0 Å². The highest BCUT2D eigenvalue weighted by Crippen LogP contribution is 2.29. The molecule has 104 valence electrons. The van der Waals surface area contributed by atoms with Crippen molar-refractivity contribution in [2.75, 3.05) is 20.8 Å². The zero-order valence-corrected chi connectivity index (χ0v) is 12.0. The number of methoxy groups -OCH3 is 2. The minimum atomic E-state index is 0.218. The zero-order chi connectivity index (χ0) is 14.1. The van der Waals surface area contributed by atoms with Gasteiger partial charge in [0.1, 0.15) is 11.5 Å². The fourth-order valence-corrected chi connectivity index (χ4v) is 1.96. The smallest absolute Gasteiger partial charge is 0.123 e. The number of unbranched alkanes of at least 4 members (excludes halogenated alkanes) is 2. The second-order valence-corrected chi connectivity index (χ2v) is 4.44. The van der Waals surface area contributed by atoms with Gasteiger partial charge in [0.05, 0.1) is 14.2 Å². The van der Waals surface area contributed by atoms with E-state index >= 15 is 0 Å². The van der Waals surface area contributed by atoms with E-state index in [0.717, 1.165) is 42.9 Å². The monoisotopic (exact) mass is 261 g/mol. The molecule has 0 amide bonds. The molecule has 19 heavy (non-hydrogen) atoms. The highest BCUT2D eigenvalue weighted by atomic mass is 16.5. The molecule has 1 unspecified atom stereocenters. The Morgan fingerprint density at radius 3 is 2.68 bits per heavy atom. The Kier molecular flexibility index (Phi) is 6.84. The van der Waals surface area contributed by atoms with Gasteiger partial charge in [-0.05, 0) is 44.5 Å². The van der Waals surface area contributed by atoms with Crippen LogP contribution in [0.25, 0.3) is 0 Å². The van der Waals surface area contributed by atoms with Crippen molar-refractivity contribution in [3.63, 3.8) is 0 Å². The highest BCUT2D eigenvalue weighted by Gasteiger charge is 2.11. The van der Waals surface area contributed by atoms with Crippen molar-refractivity contribution in [2.45, 2.75) is 32.2 Å². The predicted octanol–water partition coefficient (Wildman–Crippen LogP) is 3.16. The summed E-state index contributed by atoms with van der Waals surface area (Å²) in [6.45, 7) is 3.07. The average Bonchev–Trinajstić information content (AvgIpc) is 2.46. The highest BCUT2D eigenvalue weighted by molar-refractivity contribution is 5.42. The Hall–Kier alpha value is -1.66. The van der Waals surface area contributed by atoms with Crippen LogP contribution in [0.15, 0.2) is 18.2 Å². The largest absolute Gasteiger partial charge is 0.497 e.